The van der Waals surface area contributed by atoms with E-state index in [1.54, 1.807) is 0 Å². The highest BCUT2D eigenvalue weighted by Gasteiger charge is 2.33. The van der Waals surface area contributed by atoms with Crippen LogP contribution in [0, 0.1) is 11.8 Å². The van der Waals surface area contributed by atoms with Crippen LogP contribution in [0.15, 0.2) is 30.5 Å². The van der Waals surface area contributed by atoms with E-state index in [4.69, 9.17) is 11.6 Å². The van der Waals surface area contributed by atoms with E-state index in [-0.39, 0.29) is 0 Å². The predicted octanol–water partition coefficient (Wildman–Crippen LogP) is 2.93. The minimum atomic E-state index is 0.751. The first-order valence-electron chi connectivity index (χ1n) is 7.31. The van der Waals surface area contributed by atoms with Gasteiger partial charge in [-0.3, -0.25) is 4.98 Å². The number of halogens is 1. The number of nitrogens with zero attached hydrogens (tertiary/aromatic N) is 2. The number of aromatic nitrogens is 1. The van der Waals surface area contributed by atoms with Gasteiger partial charge in [0.2, 0.25) is 0 Å². The molecule has 2 fully saturated rings. The Kier molecular flexibility index (Phi) is 3.04. The van der Waals surface area contributed by atoms with Crippen LogP contribution in [-0.4, -0.2) is 31.2 Å². The summed E-state index contributed by atoms with van der Waals surface area (Å²) in [6.07, 6.45) is 3.18. The van der Waals surface area contributed by atoms with Gasteiger partial charge in [0.05, 0.1) is 5.52 Å². The molecule has 0 bridgehead atoms. The van der Waals surface area contributed by atoms with Crippen molar-refractivity contribution < 1.29 is 0 Å². The van der Waals surface area contributed by atoms with Crippen LogP contribution in [0.1, 0.15) is 6.42 Å². The lowest BCUT2D eigenvalue weighted by Crippen LogP contribution is -2.40. The summed E-state index contributed by atoms with van der Waals surface area (Å²) in [7, 11) is 0. The average Bonchev–Trinajstić information content (AvgIpc) is 2.93. The fraction of sp³-hybridized carbons (Fsp3) is 0.438. The second-order valence-electron chi connectivity index (χ2n) is 5.90. The highest BCUT2D eigenvalue weighted by atomic mass is 35.5. The van der Waals surface area contributed by atoms with Gasteiger partial charge in [0.15, 0.2) is 0 Å². The molecular weight excluding hydrogens is 270 g/mol. The number of fused-ring (bicyclic) bond motifs is 2. The standard InChI is InChI=1S/C16H18ClN3/c17-13-1-2-14-15(7-13)19-5-3-16(14)20-6-4-11-8-18-9-12(11)10-20/h1-3,5,7,11-12,18H,4,6,8-10H2. The molecule has 1 aromatic carbocycles. The van der Waals surface area contributed by atoms with Crippen LogP contribution in [0.2, 0.25) is 5.02 Å². The van der Waals surface area contributed by atoms with E-state index in [2.05, 4.69) is 27.3 Å². The average molecular weight is 288 g/mol. The largest absolute Gasteiger partial charge is 0.371 e. The van der Waals surface area contributed by atoms with E-state index in [9.17, 15) is 0 Å². The zero-order valence-electron chi connectivity index (χ0n) is 11.3. The molecule has 1 N–H and O–H groups in total. The molecule has 0 radical (unpaired) electrons. The second kappa shape index (κ2) is 4.90. The van der Waals surface area contributed by atoms with Crippen LogP contribution in [0.25, 0.3) is 10.9 Å². The summed E-state index contributed by atoms with van der Waals surface area (Å²) in [5, 5.41) is 5.48. The highest BCUT2D eigenvalue weighted by Crippen LogP contribution is 2.33. The Balaban J connectivity index is 1.71. The third-order valence-corrected chi connectivity index (χ3v) is 4.96. The van der Waals surface area contributed by atoms with Crippen LogP contribution in [0.5, 0.6) is 0 Å². The number of hydrogen-bond donors (Lipinski definition) is 1. The SMILES string of the molecule is Clc1ccc2c(N3CCC4CNCC4C3)ccnc2c1. The maximum Gasteiger partial charge on any atom is 0.0737 e. The van der Waals surface area contributed by atoms with Gasteiger partial charge in [-0.25, -0.2) is 0 Å². The van der Waals surface area contributed by atoms with Crippen molar-refractivity contribution in [3.63, 3.8) is 0 Å². The summed E-state index contributed by atoms with van der Waals surface area (Å²) in [6, 6.07) is 8.14. The molecule has 2 aliphatic heterocycles. The maximum absolute atomic E-state index is 6.07. The van der Waals surface area contributed by atoms with Crippen molar-refractivity contribution in [1.29, 1.82) is 0 Å². The summed E-state index contributed by atoms with van der Waals surface area (Å²) in [4.78, 5) is 6.96. The van der Waals surface area contributed by atoms with Crippen molar-refractivity contribution in [1.82, 2.24) is 10.3 Å². The van der Waals surface area contributed by atoms with E-state index in [1.165, 1.54) is 24.0 Å². The van der Waals surface area contributed by atoms with Gasteiger partial charge in [-0.1, -0.05) is 11.6 Å². The Hall–Kier alpha value is -1.32. The Labute approximate surface area is 123 Å². The Morgan fingerprint density at radius 1 is 1.20 bits per heavy atom. The molecule has 4 heteroatoms. The zero-order chi connectivity index (χ0) is 13.5. The van der Waals surface area contributed by atoms with Crippen molar-refractivity contribution in [2.45, 2.75) is 6.42 Å². The fourth-order valence-electron chi connectivity index (χ4n) is 3.64. The van der Waals surface area contributed by atoms with Gasteiger partial charge in [0, 0.05) is 35.4 Å². The molecule has 0 spiro atoms. The summed E-state index contributed by atoms with van der Waals surface area (Å²) in [6.45, 7) is 4.66. The molecular formula is C16H18ClN3. The lowest BCUT2D eigenvalue weighted by molar-refractivity contribution is 0.349. The monoisotopic (exact) mass is 287 g/mol. The van der Waals surface area contributed by atoms with Crippen LogP contribution < -0.4 is 10.2 Å². The molecule has 0 aliphatic carbocycles. The second-order valence-corrected chi connectivity index (χ2v) is 6.34. The summed E-state index contributed by atoms with van der Waals surface area (Å²) in [5.74, 6) is 1.66. The fourth-order valence-corrected chi connectivity index (χ4v) is 3.80. The molecule has 3 nitrogen and oxygen atoms in total. The summed E-state index contributed by atoms with van der Waals surface area (Å²) >= 11 is 6.07. The number of pyridine rings is 1. The van der Waals surface area contributed by atoms with E-state index in [1.807, 2.05) is 18.3 Å². The van der Waals surface area contributed by atoms with Gasteiger partial charge in [-0.2, -0.15) is 0 Å². The van der Waals surface area contributed by atoms with Gasteiger partial charge in [0.1, 0.15) is 0 Å². The van der Waals surface area contributed by atoms with Gasteiger partial charge in [0.25, 0.3) is 0 Å². The Morgan fingerprint density at radius 3 is 3.05 bits per heavy atom. The maximum atomic E-state index is 6.07. The Morgan fingerprint density at radius 2 is 2.10 bits per heavy atom. The molecule has 0 saturated carbocycles. The van der Waals surface area contributed by atoms with Crippen molar-refractivity contribution in [3.05, 3.63) is 35.5 Å². The van der Waals surface area contributed by atoms with E-state index >= 15 is 0 Å². The molecule has 0 amide bonds. The summed E-state index contributed by atoms with van der Waals surface area (Å²) < 4.78 is 0. The van der Waals surface area contributed by atoms with Crippen LogP contribution in [-0.2, 0) is 0 Å². The first kappa shape index (κ1) is 12.4. The van der Waals surface area contributed by atoms with Crippen molar-refractivity contribution in [2.24, 2.45) is 11.8 Å². The summed E-state index contributed by atoms with van der Waals surface area (Å²) in [5.41, 5.74) is 2.29. The predicted molar refractivity (Wildman–Crippen MR) is 83.4 cm³/mol. The van der Waals surface area contributed by atoms with Crippen molar-refractivity contribution in [2.75, 3.05) is 31.1 Å². The smallest absolute Gasteiger partial charge is 0.0737 e. The minimum absolute atomic E-state index is 0.751. The molecule has 2 unspecified atom stereocenters. The lowest BCUT2D eigenvalue weighted by atomic mass is 9.88. The zero-order valence-corrected chi connectivity index (χ0v) is 12.1. The van der Waals surface area contributed by atoms with Gasteiger partial charge >= 0.3 is 0 Å². The van der Waals surface area contributed by atoms with Crippen molar-refractivity contribution in [3.8, 4) is 0 Å². The van der Waals surface area contributed by atoms with Crippen LogP contribution >= 0.6 is 11.6 Å². The van der Waals surface area contributed by atoms with Gasteiger partial charge < -0.3 is 10.2 Å². The number of rotatable bonds is 1. The van der Waals surface area contributed by atoms with Crippen molar-refractivity contribution >= 4 is 28.2 Å². The Bertz CT molecular complexity index is 643. The number of anilines is 1. The highest BCUT2D eigenvalue weighted by molar-refractivity contribution is 6.31. The third kappa shape index (κ3) is 2.05. The van der Waals surface area contributed by atoms with Crippen LogP contribution in [0.4, 0.5) is 5.69 Å². The number of hydrogen-bond acceptors (Lipinski definition) is 3. The normalized spacial score (nSPS) is 25.9. The molecule has 3 heterocycles. The van der Waals surface area contributed by atoms with Gasteiger partial charge in [-0.05, 0) is 55.6 Å². The van der Waals surface area contributed by atoms with Crippen LogP contribution in [0.3, 0.4) is 0 Å². The van der Waals surface area contributed by atoms with E-state index < -0.39 is 0 Å². The molecule has 4 rings (SSSR count). The number of piperidine rings is 1. The molecule has 2 atom stereocenters. The van der Waals surface area contributed by atoms with E-state index in [0.29, 0.717) is 0 Å². The van der Waals surface area contributed by atoms with E-state index in [0.717, 1.165) is 42.0 Å². The first-order chi connectivity index (χ1) is 9.81. The number of nitrogens with one attached hydrogen (secondary N) is 1. The molecule has 1 aromatic heterocycles. The quantitative estimate of drug-likeness (QED) is 0.874. The molecule has 20 heavy (non-hydrogen) atoms. The topological polar surface area (TPSA) is 28.2 Å². The minimum Gasteiger partial charge on any atom is -0.371 e. The lowest BCUT2D eigenvalue weighted by Gasteiger charge is -2.36. The molecule has 104 valence electrons. The third-order valence-electron chi connectivity index (χ3n) is 4.73. The number of benzene rings is 1. The molecule has 2 aliphatic rings. The molecule has 2 saturated heterocycles. The van der Waals surface area contributed by atoms with Gasteiger partial charge in [-0.15, -0.1) is 0 Å². The first-order valence-corrected chi connectivity index (χ1v) is 7.69. The molecule has 2 aromatic rings.